The van der Waals surface area contributed by atoms with Crippen molar-refractivity contribution in [2.45, 2.75) is 52.6 Å². The zero-order valence-corrected chi connectivity index (χ0v) is 11.4. The van der Waals surface area contributed by atoms with Crippen LogP contribution in [0.2, 0.25) is 0 Å². The van der Waals surface area contributed by atoms with Gasteiger partial charge in [-0.3, -0.25) is 9.80 Å². The van der Waals surface area contributed by atoms with Gasteiger partial charge in [-0.2, -0.15) is 0 Å². The third kappa shape index (κ3) is 2.78. The van der Waals surface area contributed by atoms with Crippen molar-refractivity contribution < 1.29 is 0 Å². The number of piperazine rings is 1. The van der Waals surface area contributed by atoms with Crippen molar-refractivity contribution in [2.24, 2.45) is 11.8 Å². The van der Waals surface area contributed by atoms with Crippen LogP contribution < -0.4 is 0 Å². The molecule has 16 heavy (non-hydrogen) atoms. The third-order valence-electron chi connectivity index (χ3n) is 4.06. The fraction of sp³-hybridized carbons (Fsp3) is 1.00. The van der Waals surface area contributed by atoms with Crippen LogP contribution in [0.15, 0.2) is 0 Å². The summed E-state index contributed by atoms with van der Waals surface area (Å²) in [5, 5.41) is 0. The Bertz CT molecular complexity index is 225. The maximum Gasteiger partial charge on any atom is 0.0239 e. The molecule has 2 aliphatic heterocycles. The molecular formula is C14H28N2. The van der Waals surface area contributed by atoms with Crippen LogP contribution in [0.5, 0.6) is 0 Å². The minimum Gasteiger partial charge on any atom is -0.297 e. The molecular weight excluding hydrogens is 196 g/mol. The molecule has 0 saturated carbocycles. The van der Waals surface area contributed by atoms with Crippen LogP contribution in [0.1, 0.15) is 40.5 Å². The lowest BCUT2D eigenvalue weighted by Gasteiger charge is -2.35. The molecule has 0 spiro atoms. The van der Waals surface area contributed by atoms with Crippen LogP contribution >= 0.6 is 0 Å². The molecule has 0 aromatic heterocycles. The third-order valence-corrected chi connectivity index (χ3v) is 4.06. The fourth-order valence-corrected chi connectivity index (χ4v) is 3.22. The van der Waals surface area contributed by atoms with Gasteiger partial charge in [-0.1, -0.05) is 27.7 Å². The van der Waals surface area contributed by atoms with Gasteiger partial charge < -0.3 is 0 Å². The summed E-state index contributed by atoms with van der Waals surface area (Å²) in [7, 11) is 0. The predicted molar refractivity (Wildman–Crippen MR) is 69.6 cm³/mol. The summed E-state index contributed by atoms with van der Waals surface area (Å²) in [6.45, 7) is 14.6. The number of nitrogens with zero attached hydrogens (tertiary/aromatic N) is 2. The van der Waals surface area contributed by atoms with Crippen LogP contribution in [0.4, 0.5) is 0 Å². The van der Waals surface area contributed by atoms with E-state index in [0.717, 1.165) is 23.9 Å². The van der Waals surface area contributed by atoms with E-state index in [4.69, 9.17) is 0 Å². The normalized spacial score (nSPS) is 31.1. The summed E-state index contributed by atoms with van der Waals surface area (Å²) < 4.78 is 0. The molecule has 2 fully saturated rings. The van der Waals surface area contributed by atoms with Gasteiger partial charge in [0.15, 0.2) is 0 Å². The second-order valence-electron chi connectivity index (χ2n) is 6.57. The molecule has 2 rings (SSSR count). The Kier molecular flexibility index (Phi) is 3.91. The Morgan fingerprint density at radius 1 is 0.938 bits per heavy atom. The van der Waals surface area contributed by atoms with Crippen LogP contribution in [-0.4, -0.2) is 48.1 Å². The van der Waals surface area contributed by atoms with Gasteiger partial charge >= 0.3 is 0 Å². The molecule has 0 aromatic carbocycles. The fourth-order valence-electron chi connectivity index (χ4n) is 3.22. The highest BCUT2D eigenvalue weighted by atomic mass is 15.3. The molecule has 2 heteroatoms. The zero-order valence-electron chi connectivity index (χ0n) is 11.4. The van der Waals surface area contributed by atoms with Crippen LogP contribution in [0.25, 0.3) is 0 Å². The first-order chi connectivity index (χ1) is 7.56. The lowest BCUT2D eigenvalue weighted by atomic mass is 10.1. The van der Waals surface area contributed by atoms with E-state index in [1.165, 1.54) is 39.0 Å². The van der Waals surface area contributed by atoms with Gasteiger partial charge in [-0.05, 0) is 31.2 Å². The summed E-state index contributed by atoms with van der Waals surface area (Å²) in [5.74, 6) is 1.68. The molecule has 0 N–H and O–H groups in total. The topological polar surface area (TPSA) is 6.48 Å². The van der Waals surface area contributed by atoms with E-state index in [1.54, 1.807) is 0 Å². The molecule has 2 nitrogen and oxygen atoms in total. The van der Waals surface area contributed by atoms with E-state index >= 15 is 0 Å². The largest absolute Gasteiger partial charge is 0.297 e. The van der Waals surface area contributed by atoms with Gasteiger partial charge in [-0.25, -0.2) is 0 Å². The molecule has 2 aliphatic rings. The highest BCUT2D eigenvalue weighted by Gasteiger charge is 2.42. The quantitative estimate of drug-likeness (QED) is 0.708. The number of rotatable bonds is 5. The minimum absolute atomic E-state index is 0.823. The maximum absolute atomic E-state index is 2.74. The smallest absolute Gasteiger partial charge is 0.0239 e. The zero-order chi connectivity index (χ0) is 11.7. The lowest BCUT2D eigenvalue weighted by molar-refractivity contribution is 0.114. The van der Waals surface area contributed by atoms with E-state index in [9.17, 15) is 0 Å². The van der Waals surface area contributed by atoms with Crippen molar-refractivity contribution in [2.75, 3.05) is 26.2 Å². The van der Waals surface area contributed by atoms with E-state index in [-0.39, 0.29) is 0 Å². The molecule has 0 aromatic rings. The Balaban J connectivity index is 1.77. The van der Waals surface area contributed by atoms with Gasteiger partial charge in [0.25, 0.3) is 0 Å². The average molecular weight is 224 g/mol. The molecule has 0 radical (unpaired) electrons. The molecule has 2 saturated heterocycles. The second kappa shape index (κ2) is 5.05. The van der Waals surface area contributed by atoms with E-state index in [0.29, 0.717) is 0 Å². The number of likely N-dealkylation sites (tertiary alicyclic amines) is 2. The van der Waals surface area contributed by atoms with Crippen molar-refractivity contribution in [1.29, 1.82) is 0 Å². The summed E-state index contributed by atoms with van der Waals surface area (Å²) in [6, 6.07) is 1.75. The maximum atomic E-state index is 2.74. The van der Waals surface area contributed by atoms with Crippen LogP contribution in [0, 0.1) is 11.8 Å². The summed E-state index contributed by atoms with van der Waals surface area (Å²) >= 11 is 0. The number of fused-ring (bicyclic) bond motifs is 2. The SMILES string of the molecule is CC(C)CCN1C[C@@H]2C[C@H]1CN2CC(C)C. The highest BCUT2D eigenvalue weighted by molar-refractivity contribution is 4.99. The number of hydrogen-bond acceptors (Lipinski definition) is 2. The molecule has 0 aliphatic carbocycles. The van der Waals surface area contributed by atoms with Crippen molar-refractivity contribution in [1.82, 2.24) is 9.80 Å². The van der Waals surface area contributed by atoms with E-state index < -0.39 is 0 Å². The van der Waals surface area contributed by atoms with Crippen molar-refractivity contribution in [3.05, 3.63) is 0 Å². The monoisotopic (exact) mass is 224 g/mol. The molecule has 0 amide bonds. The van der Waals surface area contributed by atoms with Gasteiger partial charge in [0.05, 0.1) is 0 Å². The van der Waals surface area contributed by atoms with Gasteiger partial charge in [0.1, 0.15) is 0 Å². The van der Waals surface area contributed by atoms with E-state index in [2.05, 4.69) is 37.5 Å². The first-order valence-corrected chi connectivity index (χ1v) is 7.04. The highest BCUT2D eigenvalue weighted by Crippen LogP contribution is 2.31. The van der Waals surface area contributed by atoms with Gasteiger partial charge in [-0.15, -0.1) is 0 Å². The first-order valence-electron chi connectivity index (χ1n) is 7.04. The van der Waals surface area contributed by atoms with Crippen molar-refractivity contribution in [3.8, 4) is 0 Å². The van der Waals surface area contributed by atoms with Gasteiger partial charge in [0.2, 0.25) is 0 Å². The second-order valence-corrected chi connectivity index (χ2v) is 6.57. The Hall–Kier alpha value is -0.0800. The van der Waals surface area contributed by atoms with Crippen LogP contribution in [0.3, 0.4) is 0 Å². The molecule has 2 bridgehead atoms. The lowest BCUT2D eigenvalue weighted by Crippen LogP contribution is -2.47. The van der Waals surface area contributed by atoms with Crippen molar-refractivity contribution >= 4 is 0 Å². The molecule has 94 valence electrons. The van der Waals surface area contributed by atoms with E-state index in [1.807, 2.05) is 0 Å². The molecule has 2 heterocycles. The Morgan fingerprint density at radius 2 is 1.56 bits per heavy atom. The van der Waals surface area contributed by atoms with Crippen molar-refractivity contribution in [3.63, 3.8) is 0 Å². The first kappa shape index (κ1) is 12.4. The van der Waals surface area contributed by atoms with Gasteiger partial charge in [0, 0.05) is 31.7 Å². The Morgan fingerprint density at radius 3 is 2.06 bits per heavy atom. The summed E-state index contributed by atoms with van der Waals surface area (Å²) in [6.07, 6.45) is 2.80. The predicted octanol–water partition coefficient (Wildman–Crippen LogP) is 2.45. The minimum atomic E-state index is 0.823. The van der Waals surface area contributed by atoms with Crippen LogP contribution in [-0.2, 0) is 0 Å². The molecule has 0 unspecified atom stereocenters. The number of hydrogen-bond donors (Lipinski definition) is 0. The Labute approximate surface area is 101 Å². The summed E-state index contributed by atoms with van der Waals surface area (Å²) in [4.78, 5) is 5.46. The average Bonchev–Trinajstić information content (AvgIpc) is 2.72. The standard InChI is InChI=1S/C14H28N2/c1-11(2)5-6-15-9-14-7-13(15)10-16(14)8-12(3)4/h11-14H,5-10H2,1-4H3/t13-,14-/m0/s1. The molecule has 2 atom stereocenters. The summed E-state index contributed by atoms with van der Waals surface area (Å²) in [5.41, 5.74) is 0.